The molecule has 2 saturated heterocycles. The van der Waals surface area contributed by atoms with E-state index in [0.29, 0.717) is 5.88 Å². The van der Waals surface area contributed by atoms with Crippen LogP contribution in [-0.4, -0.2) is 96.1 Å². The second-order valence-corrected chi connectivity index (χ2v) is 12.4. The lowest BCUT2D eigenvalue weighted by Crippen LogP contribution is -2.50. The van der Waals surface area contributed by atoms with Gasteiger partial charge in [-0.2, -0.15) is 0 Å². The molecule has 2 aromatic heterocycles. The Morgan fingerprint density at radius 1 is 0.776 bits per heavy atom. The lowest BCUT2D eigenvalue weighted by atomic mass is 10.0. The molecule has 2 aliphatic heterocycles. The summed E-state index contributed by atoms with van der Waals surface area (Å²) in [6.07, 6.45) is 2.54. The van der Waals surface area contributed by atoms with E-state index in [2.05, 4.69) is 51.6 Å². The van der Waals surface area contributed by atoms with Crippen LogP contribution in [0.2, 0.25) is 5.02 Å². The van der Waals surface area contributed by atoms with Crippen LogP contribution in [0.3, 0.4) is 0 Å². The van der Waals surface area contributed by atoms with Crippen molar-refractivity contribution >= 4 is 45.3 Å². The molecule has 11 nitrogen and oxygen atoms in total. The molecule has 0 radical (unpaired) electrons. The topological polar surface area (TPSA) is 156 Å². The van der Waals surface area contributed by atoms with E-state index < -0.39 is 0 Å². The van der Waals surface area contributed by atoms with E-state index in [1.807, 2.05) is 64.5 Å². The lowest BCUT2D eigenvalue weighted by Gasteiger charge is -2.34. The molecule has 5 aromatic rings. The van der Waals surface area contributed by atoms with Crippen LogP contribution in [0.4, 0.5) is 0 Å². The minimum absolute atomic E-state index is 0.161. The summed E-state index contributed by atoms with van der Waals surface area (Å²) in [5.41, 5.74) is 16.3. The number of benzene rings is 3. The third-order valence-corrected chi connectivity index (χ3v) is 8.76. The van der Waals surface area contributed by atoms with Crippen molar-refractivity contribution in [3.05, 3.63) is 113 Å². The molecular formula is C37H45ClN10O. The van der Waals surface area contributed by atoms with Crippen molar-refractivity contribution in [3.63, 3.8) is 0 Å². The van der Waals surface area contributed by atoms with Gasteiger partial charge in [-0.3, -0.25) is 20.7 Å². The Morgan fingerprint density at radius 3 is 2.08 bits per heavy atom. The van der Waals surface area contributed by atoms with Crippen molar-refractivity contribution in [2.45, 2.75) is 13.0 Å². The second kappa shape index (κ2) is 17.4. The van der Waals surface area contributed by atoms with E-state index in [4.69, 9.17) is 43.6 Å². The van der Waals surface area contributed by atoms with Gasteiger partial charge in [-0.1, -0.05) is 54.1 Å². The Morgan fingerprint density at radius 2 is 1.43 bits per heavy atom. The van der Waals surface area contributed by atoms with Crippen LogP contribution in [0.15, 0.2) is 91.1 Å². The molecule has 4 heterocycles. The van der Waals surface area contributed by atoms with Crippen LogP contribution >= 0.6 is 11.6 Å². The van der Waals surface area contributed by atoms with Crippen LogP contribution in [0.1, 0.15) is 16.7 Å². The average Bonchev–Trinajstić information content (AvgIpc) is 3.13. The van der Waals surface area contributed by atoms with Crippen molar-refractivity contribution in [3.8, 4) is 5.88 Å². The van der Waals surface area contributed by atoms with Crippen LogP contribution in [0.25, 0.3) is 21.8 Å². The Bertz CT molecular complexity index is 1770. The number of ether oxygens (including phenoxy) is 1. The smallest absolute Gasteiger partial charge is 0.217 e. The summed E-state index contributed by atoms with van der Waals surface area (Å²) in [6, 6.07) is 28.5. The van der Waals surface area contributed by atoms with Gasteiger partial charge in [-0.05, 0) is 53.6 Å². The summed E-state index contributed by atoms with van der Waals surface area (Å²) < 4.78 is 5.55. The van der Waals surface area contributed by atoms with Gasteiger partial charge < -0.3 is 31.3 Å². The zero-order valence-corrected chi connectivity index (χ0v) is 28.7. The first-order valence-corrected chi connectivity index (χ1v) is 16.8. The molecule has 256 valence electrons. The van der Waals surface area contributed by atoms with Crippen LogP contribution in [-0.2, 0) is 13.0 Å². The summed E-state index contributed by atoms with van der Waals surface area (Å²) in [5.74, 6) is 1.01. The fourth-order valence-electron chi connectivity index (χ4n) is 5.80. The Balaban J connectivity index is 0.000000198. The van der Waals surface area contributed by atoms with E-state index in [9.17, 15) is 0 Å². The number of hydrogen-bond donors (Lipinski definition) is 5. The number of methoxy groups -OCH3 is 1. The van der Waals surface area contributed by atoms with Gasteiger partial charge in [-0.25, -0.2) is 4.98 Å². The fourth-order valence-corrected chi connectivity index (χ4v) is 5.93. The zero-order valence-electron chi connectivity index (χ0n) is 27.9. The lowest BCUT2D eigenvalue weighted by molar-refractivity contribution is 0.174. The van der Waals surface area contributed by atoms with Gasteiger partial charge in [0.1, 0.15) is 0 Å². The first-order chi connectivity index (χ1) is 23.8. The molecule has 0 amide bonds. The molecule has 0 spiro atoms. The predicted octanol–water partition coefficient (Wildman–Crippen LogP) is 4.52. The number of rotatable bonds is 5. The van der Waals surface area contributed by atoms with Gasteiger partial charge in [0.2, 0.25) is 5.88 Å². The molecule has 0 saturated carbocycles. The SMILES string of the molecule is COc1nc2ccc(CN3CCN(C(=N)N)CC3)cc2cc1Cc1ccc(Cl)cc1.N=C(N)N1CCNCC1.c1ccc2ncccc2c1. The van der Waals surface area contributed by atoms with Crippen LogP contribution in [0.5, 0.6) is 5.88 Å². The number of nitrogens with two attached hydrogens (primary N) is 2. The highest BCUT2D eigenvalue weighted by Gasteiger charge is 2.18. The number of aromatic nitrogens is 2. The summed E-state index contributed by atoms with van der Waals surface area (Å²) in [4.78, 5) is 15.1. The van der Waals surface area contributed by atoms with Crippen molar-refractivity contribution in [2.75, 3.05) is 59.5 Å². The van der Waals surface area contributed by atoms with Crippen LogP contribution in [0, 0.1) is 10.8 Å². The highest BCUT2D eigenvalue weighted by molar-refractivity contribution is 6.30. The molecule has 0 aliphatic carbocycles. The molecule has 0 unspecified atom stereocenters. The van der Waals surface area contributed by atoms with E-state index in [1.54, 1.807) is 7.11 Å². The Labute approximate surface area is 292 Å². The molecule has 3 aromatic carbocycles. The van der Waals surface area contributed by atoms with E-state index in [-0.39, 0.29) is 11.9 Å². The maximum atomic E-state index is 7.57. The number of piperazine rings is 2. The number of para-hydroxylation sites is 1. The number of halogens is 1. The Kier molecular flexibility index (Phi) is 12.6. The Hall–Kier alpha value is -4.97. The monoisotopic (exact) mass is 680 g/mol. The van der Waals surface area contributed by atoms with Gasteiger partial charge in [0.25, 0.3) is 0 Å². The number of nitrogens with one attached hydrogen (secondary N) is 3. The molecule has 2 fully saturated rings. The number of guanidine groups is 2. The standard InChI is InChI=1S/C23H26ClN5O.C9H7N.C5H12N4/c1-30-22-19(12-16-2-5-20(24)6-3-16)14-18-13-17(4-7-21(18)27-22)15-28-8-10-29(11-9-28)23(25)26;1-2-6-9-8(4-1)5-3-7-10-9;6-5(7)9-3-1-8-2-4-9/h2-7,13-14H,8-12,15H2,1H3,(H3,25,26);1-7H;8H,1-4H2,(H3,6,7). The summed E-state index contributed by atoms with van der Waals surface area (Å²) in [5, 5.41) is 20.9. The van der Waals surface area contributed by atoms with Gasteiger partial charge >= 0.3 is 0 Å². The first kappa shape index (κ1) is 35.3. The van der Waals surface area contributed by atoms with Crippen molar-refractivity contribution in [2.24, 2.45) is 11.5 Å². The average molecular weight is 681 g/mol. The molecule has 49 heavy (non-hydrogen) atoms. The normalized spacial score (nSPS) is 14.7. The highest BCUT2D eigenvalue weighted by Crippen LogP contribution is 2.26. The molecule has 0 atom stereocenters. The minimum Gasteiger partial charge on any atom is -0.481 e. The number of fused-ring (bicyclic) bond motifs is 2. The third kappa shape index (κ3) is 10.3. The van der Waals surface area contributed by atoms with E-state index in [1.165, 1.54) is 16.5 Å². The van der Waals surface area contributed by atoms with Gasteiger partial charge in [-0.15, -0.1) is 0 Å². The predicted molar refractivity (Wildman–Crippen MR) is 199 cm³/mol. The van der Waals surface area contributed by atoms with Crippen molar-refractivity contribution < 1.29 is 4.74 Å². The largest absolute Gasteiger partial charge is 0.481 e. The minimum atomic E-state index is 0.161. The summed E-state index contributed by atoms with van der Waals surface area (Å²) >= 11 is 6.01. The molecule has 0 bridgehead atoms. The number of pyridine rings is 2. The highest BCUT2D eigenvalue weighted by atomic mass is 35.5. The quantitative estimate of drug-likeness (QED) is 0.133. The van der Waals surface area contributed by atoms with E-state index >= 15 is 0 Å². The maximum absolute atomic E-state index is 7.57. The zero-order chi connectivity index (χ0) is 34.6. The number of nitrogens with zero attached hydrogens (tertiary/aromatic N) is 5. The fraction of sp³-hybridized carbons (Fsp3) is 0.297. The molecule has 12 heteroatoms. The van der Waals surface area contributed by atoms with Crippen molar-refractivity contribution in [1.29, 1.82) is 10.8 Å². The van der Waals surface area contributed by atoms with Gasteiger partial charge in [0.15, 0.2) is 11.9 Å². The van der Waals surface area contributed by atoms with Gasteiger partial charge in [0, 0.05) is 92.9 Å². The van der Waals surface area contributed by atoms with Gasteiger partial charge in [0.05, 0.1) is 18.1 Å². The summed E-state index contributed by atoms with van der Waals surface area (Å²) in [6.45, 7) is 7.91. The second-order valence-electron chi connectivity index (χ2n) is 12.0. The molecular weight excluding hydrogens is 636 g/mol. The first-order valence-electron chi connectivity index (χ1n) is 16.4. The number of hydrogen-bond acceptors (Lipinski definition) is 7. The molecule has 7 N–H and O–H groups in total. The van der Waals surface area contributed by atoms with Crippen molar-refractivity contribution in [1.82, 2.24) is 30.0 Å². The summed E-state index contributed by atoms with van der Waals surface area (Å²) in [7, 11) is 1.66. The maximum Gasteiger partial charge on any atom is 0.217 e. The van der Waals surface area contributed by atoms with E-state index in [0.717, 1.165) is 92.3 Å². The third-order valence-electron chi connectivity index (χ3n) is 8.51. The van der Waals surface area contributed by atoms with Crippen LogP contribution < -0.4 is 21.5 Å². The molecule has 7 rings (SSSR count). The molecule has 2 aliphatic rings.